The Morgan fingerprint density at radius 1 is 1.04 bits per heavy atom. The predicted octanol–water partition coefficient (Wildman–Crippen LogP) is 6.16. The lowest BCUT2D eigenvalue weighted by atomic mass is 9.88. The third-order valence-corrected chi connectivity index (χ3v) is 3.83. The smallest absolute Gasteiger partial charge is 0.166 e. The number of hydrogen-bond donors (Lipinski definition) is 0. The Kier molecular flexibility index (Phi) is 5.43. The zero-order chi connectivity index (χ0) is 16.9. The van der Waals surface area contributed by atoms with Crippen LogP contribution in [0.2, 0.25) is 0 Å². The molecule has 0 radical (unpaired) electrons. The Morgan fingerprint density at radius 3 is 2.35 bits per heavy atom. The molecule has 0 amide bonds. The van der Waals surface area contributed by atoms with Crippen LogP contribution in [0.25, 0.3) is 0 Å². The summed E-state index contributed by atoms with van der Waals surface area (Å²) in [5.41, 5.74) is 1.98. The van der Waals surface area contributed by atoms with Crippen molar-refractivity contribution in [2.75, 3.05) is 0 Å². The number of halogens is 3. The van der Waals surface area contributed by atoms with Gasteiger partial charge in [-0.2, -0.15) is 13.2 Å². The molecule has 0 heterocycles. The Balaban J connectivity index is 2.13. The van der Waals surface area contributed by atoms with Crippen LogP contribution in [-0.2, 0) is 12.6 Å². The van der Waals surface area contributed by atoms with Crippen molar-refractivity contribution in [1.29, 1.82) is 0 Å². The second kappa shape index (κ2) is 7.32. The summed E-state index contributed by atoms with van der Waals surface area (Å²) in [6.07, 6.45) is -1.17. The summed E-state index contributed by atoms with van der Waals surface area (Å²) < 4.78 is 38.6. The molecule has 0 nitrogen and oxygen atoms in total. The first-order valence-corrected chi connectivity index (χ1v) is 7.43. The van der Waals surface area contributed by atoms with Crippen LogP contribution in [0, 0.1) is 0 Å². The molecule has 2 rings (SSSR count). The molecule has 0 spiro atoms. The Bertz CT molecular complexity index is 669. The van der Waals surface area contributed by atoms with E-state index in [4.69, 9.17) is 0 Å². The molecule has 0 aliphatic rings. The van der Waals surface area contributed by atoms with Crippen molar-refractivity contribution in [2.24, 2.45) is 0 Å². The van der Waals surface area contributed by atoms with Crippen LogP contribution in [0.3, 0.4) is 0 Å². The van der Waals surface area contributed by atoms with Crippen molar-refractivity contribution in [3.63, 3.8) is 0 Å². The molecule has 0 aliphatic heterocycles. The molecule has 120 valence electrons. The highest BCUT2D eigenvalue weighted by Gasteiger charge is 2.30. The van der Waals surface area contributed by atoms with Gasteiger partial charge in [-0.05, 0) is 30.0 Å². The van der Waals surface area contributed by atoms with E-state index in [9.17, 15) is 13.2 Å². The van der Waals surface area contributed by atoms with Gasteiger partial charge in [-0.1, -0.05) is 66.8 Å². The van der Waals surface area contributed by atoms with Gasteiger partial charge in [0.15, 0.2) is 0 Å². The van der Waals surface area contributed by atoms with E-state index >= 15 is 0 Å². The van der Waals surface area contributed by atoms with Crippen LogP contribution >= 0.6 is 0 Å². The summed E-state index contributed by atoms with van der Waals surface area (Å²) in [4.78, 5) is 0. The summed E-state index contributed by atoms with van der Waals surface area (Å²) >= 11 is 0. The predicted molar refractivity (Wildman–Crippen MR) is 88.3 cm³/mol. The van der Waals surface area contributed by atoms with Crippen molar-refractivity contribution in [3.05, 3.63) is 96.1 Å². The molecule has 2 aromatic rings. The molecule has 23 heavy (non-hydrogen) atoms. The van der Waals surface area contributed by atoms with E-state index < -0.39 is 11.7 Å². The van der Waals surface area contributed by atoms with Gasteiger partial charge in [0.25, 0.3) is 0 Å². The molecule has 3 heteroatoms. The first kappa shape index (κ1) is 17.1. The summed E-state index contributed by atoms with van der Waals surface area (Å²) in [5.74, 6) is -0.277. The molecule has 0 bridgehead atoms. The maximum absolute atomic E-state index is 12.9. The number of benzene rings is 2. The van der Waals surface area contributed by atoms with Gasteiger partial charge in [-0.3, -0.25) is 0 Å². The molecule has 0 fully saturated rings. The second-order valence-electron chi connectivity index (χ2n) is 5.48. The van der Waals surface area contributed by atoms with E-state index in [-0.39, 0.29) is 5.92 Å². The molecule has 0 saturated carbocycles. The van der Waals surface area contributed by atoms with Crippen molar-refractivity contribution >= 4 is 0 Å². The average Bonchev–Trinajstić information content (AvgIpc) is 2.54. The number of alkyl halides is 3. The van der Waals surface area contributed by atoms with E-state index in [1.165, 1.54) is 17.7 Å². The van der Waals surface area contributed by atoms with Gasteiger partial charge in [0.1, 0.15) is 0 Å². The minimum atomic E-state index is -4.34. The van der Waals surface area contributed by atoms with Crippen LogP contribution in [0.15, 0.2) is 79.4 Å². The van der Waals surface area contributed by atoms with Crippen LogP contribution in [0.1, 0.15) is 29.0 Å². The first-order chi connectivity index (χ1) is 10.9. The van der Waals surface area contributed by atoms with Gasteiger partial charge < -0.3 is 0 Å². The minimum Gasteiger partial charge on any atom is -0.166 e. The van der Waals surface area contributed by atoms with Crippen molar-refractivity contribution in [1.82, 2.24) is 0 Å². The molecule has 0 aromatic heterocycles. The average molecular weight is 316 g/mol. The van der Waals surface area contributed by atoms with E-state index in [1.54, 1.807) is 12.1 Å². The highest BCUT2D eigenvalue weighted by Crippen LogP contribution is 2.34. The monoisotopic (exact) mass is 316 g/mol. The topological polar surface area (TPSA) is 0 Å². The van der Waals surface area contributed by atoms with Crippen molar-refractivity contribution in [2.45, 2.75) is 24.9 Å². The van der Waals surface area contributed by atoms with E-state index in [0.717, 1.165) is 18.1 Å². The quantitative estimate of drug-likeness (QED) is 0.559. The van der Waals surface area contributed by atoms with Crippen LogP contribution in [0.4, 0.5) is 13.2 Å². The number of rotatable bonds is 6. The van der Waals surface area contributed by atoms with Crippen LogP contribution in [-0.4, -0.2) is 0 Å². The van der Waals surface area contributed by atoms with Crippen molar-refractivity contribution in [3.8, 4) is 0 Å². The van der Waals surface area contributed by atoms with Crippen LogP contribution < -0.4 is 0 Å². The van der Waals surface area contributed by atoms with Gasteiger partial charge in [-0.15, -0.1) is 6.58 Å². The highest BCUT2D eigenvalue weighted by atomic mass is 19.4. The number of allylic oxidation sites excluding steroid dienone is 2. The summed E-state index contributed by atoms with van der Waals surface area (Å²) in [7, 11) is 0. The third kappa shape index (κ3) is 4.59. The lowest BCUT2D eigenvalue weighted by Crippen LogP contribution is -2.07. The van der Waals surface area contributed by atoms with Gasteiger partial charge in [0.2, 0.25) is 0 Å². The van der Waals surface area contributed by atoms with E-state index in [1.807, 2.05) is 30.3 Å². The molecule has 2 aromatic carbocycles. The lowest BCUT2D eigenvalue weighted by molar-refractivity contribution is -0.137. The molecular formula is C20H19F3. The lowest BCUT2D eigenvalue weighted by Gasteiger charge is -2.18. The molecule has 0 N–H and O–H groups in total. The first-order valence-electron chi connectivity index (χ1n) is 7.43. The Morgan fingerprint density at radius 2 is 1.74 bits per heavy atom. The van der Waals surface area contributed by atoms with Gasteiger partial charge in [0, 0.05) is 5.92 Å². The summed E-state index contributed by atoms with van der Waals surface area (Å²) in [5, 5.41) is 0. The van der Waals surface area contributed by atoms with Gasteiger partial charge >= 0.3 is 6.18 Å². The van der Waals surface area contributed by atoms with E-state index in [0.29, 0.717) is 12.0 Å². The summed E-state index contributed by atoms with van der Waals surface area (Å²) in [6, 6.07) is 15.3. The number of hydrogen-bond acceptors (Lipinski definition) is 0. The Hall–Kier alpha value is -2.29. The fourth-order valence-electron chi connectivity index (χ4n) is 2.55. The zero-order valence-electron chi connectivity index (χ0n) is 12.8. The fourth-order valence-corrected chi connectivity index (χ4v) is 2.55. The zero-order valence-corrected chi connectivity index (χ0v) is 12.8. The van der Waals surface area contributed by atoms with Crippen molar-refractivity contribution < 1.29 is 13.2 Å². The summed E-state index contributed by atoms with van der Waals surface area (Å²) in [6.45, 7) is 7.82. The second-order valence-corrected chi connectivity index (χ2v) is 5.48. The fraction of sp³-hybridized carbons (Fsp3) is 0.200. The molecule has 0 saturated heterocycles. The Labute approximate surface area is 135 Å². The molecule has 0 aliphatic carbocycles. The maximum Gasteiger partial charge on any atom is 0.416 e. The molecule has 1 unspecified atom stereocenters. The van der Waals surface area contributed by atoms with Crippen LogP contribution in [0.5, 0.6) is 0 Å². The largest absolute Gasteiger partial charge is 0.416 e. The standard InChI is InChI=1S/C20H19F3/c1-3-19(15(2)12-13-16-8-5-4-6-9-16)17-10-7-11-18(14-17)20(21,22)23/h3-11,14,19H,1-2,12-13H2. The third-order valence-electron chi connectivity index (χ3n) is 3.83. The van der Waals surface area contributed by atoms with E-state index in [2.05, 4.69) is 13.2 Å². The maximum atomic E-state index is 12.9. The SMILES string of the molecule is C=CC(C(=C)CCc1ccccc1)c1cccc(C(F)(F)F)c1. The minimum absolute atomic E-state index is 0.277. The molecular weight excluding hydrogens is 297 g/mol. The van der Waals surface area contributed by atoms with Gasteiger partial charge in [-0.25, -0.2) is 0 Å². The highest BCUT2D eigenvalue weighted by molar-refractivity contribution is 5.36. The normalized spacial score (nSPS) is 12.7. The number of aryl methyl sites for hydroxylation is 1. The van der Waals surface area contributed by atoms with Gasteiger partial charge in [0.05, 0.1) is 5.56 Å². The molecule has 1 atom stereocenters.